The number of hydrogen-bond donors (Lipinski definition) is 2. The Labute approximate surface area is 164 Å². The quantitative estimate of drug-likeness (QED) is 0.584. The molecule has 1 unspecified atom stereocenters. The first-order valence-corrected chi connectivity index (χ1v) is 9.67. The number of anilines is 1. The van der Waals surface area contributed by atoms with Gasteiger partial charge in [-0.05, 0) is 31.4 Å². The number of nitrogens with zero attached hydrogens (tertiary/aromatic N) is 3. The lowest BCUT2D eigenvalue weighted by atomic mass is 10.1. The molecule has 2 heterocycles. The number of para-hydroxylation sites is 1. The van der Waals surface area contributed by atoms with Gasteiger partial charge in [-0.3, -0.25) is 0 Å². The van der Waals surface area contributed by atoms with Gasteiger partial charge in [0, 0.05) is 31.7 Å². The van der Waals surface area contributed by atoms with Crippen LogP contribution < -0.4 is 15.5 Å². The number of nitrogens with one attached hydrogen (secondary N) is 2. The lowest BCUT2D eigenvalue weighted by Gasteiger charge is -2.21. The highest BCUT2D eigenvalue weighted by Crippen LogP contribution is 2.26. The third-order valence-electron chi connectivity index (χ3n) is 4.69. The summed E-state index contributed by atoms with van der Waals surface area (Å²) < 4.78 is 33.4. The molecule has 0 aliphatic carbocycles. The minimum absolute atomic E-state index is 0.0385. The molecule has 0 amide bonds. The van der Waals surface area contributed by atoms with Gasteiger partial charge in [-0.25, -0.2) is 13.8 Å². The minimum atomic E-state index is -0.535. The van der Waals surface area contributed by atoms with Crippen LogP contribution >= 0.6 is 0 Å². The lowest BCUT2D eigenvalue weighted by molar-refractivity contribution is 0.376. The minimum Gasteiger partial charge on any atom is -0.365 e. The van der Waals surface area contributed by atoms with Crippen LogP contribution in [0.5, 0.6) is 0 Å². The number of halogens is 2. The van der Waals surface area contributed by atoms with Crippen LogP contribution in [0, 0.1) is 11.6 Å². The Bertz CT molecular complexity index is 800. The Balaban J connectivity index is 1.62. The Morgan fingerprint density at radius 3 is 2.75 bits per heavy atom. The predicted molar refractivity (Wildman–Crippen MR) is 106 cm³/mol. The van der Waals surface area contributed by atoms with Crippen LogP contribution in [-0.2, 0) is 6.54 Å². The number of hydrogen-bond acceptors (Lipinski definition) is 4. The van der Waals surface area contributed by atoms with Crippen molar-refractivity contribution in [1.82, 2.24) is 15.8 Å². The summed E-state index contributed by atoms with van der Waals surface area (Å²) in [7, 11) is 0. The van der Waals surface area contributed by atoms with Crippen molar-refractivity contribution >= 4 is 11.6 Å². The molecule has 1 aliphatic heterocycles. The fourth-order valence-corrected chi connectivity index (χ4v) is 3.22. The van der Waals surface area contributed by atoms with Gasteiger partial charge in [-0.1, -0.05) is 25.1 Å². The first-order chi connectivity index (χ1) is 13.5. The Hall–Kier alpha value is -2.64. The van der Waals surface area contributed by atoms with E-state index in [4.69, 9.17) is 4.52 Å². The molecule has 0 radical (unpaired) electrons. The third-order valence-corrected chi connectivity index (χ3v) is 4.69. The largest absolute Gasteiger partial charge is 0.365 e. The molecule has 1 atom stereocenters. The van der Waals surface area contributed by atoms with Gasteiger partial charge >= 0.3 is 0 Å². The Kier molecular flexibility index (Phi) is 6.49. The van der Waals surface area contributed by atoms with Crippen LogP contribution in [-0.4, -0.2) is 36.8 Å². The fraction of sp³-hybridized carbons (Fsp3) is 0.500. The number of aliphatic imine (C=N–C) groups is 1. The molecule has 0 bridgehead atoms. The van der Waals surface area contributed by atoms with Crippen molar-refractivity contribution in [3.63, 3.8) is 0 Å². The van der Waals surface area contributed by atoms with Gasteiger partial charge in [0.05, 0.1) is 5.69 Å². The van der Waals surface area contributed by atoms with Gasteiger partial charge in [0.2, 0.25) is 0 Å². The number of rotatable bonds is 6. The molecule has 0 saturated carbocycles. The van der Waals surface area contributed by atoms with E-state index in [2.05, 4.69) is 34.6 Å². The van der Waals surface area contributed by atoms with Crippen molar-refractivity contribution < 1.29 is 13.3 Å². The van der Waals surface area contributed by atoms with E-state index in [9.17, 15) is 8.78 Å². The maximum atomic E-state index is 14.0. The molecule has 152 valence electrons. The van der Waals surface area contributed by atoms with Crippen molar-refractivity contribution in [3.05, 3.63) is 47.4 Å². The fourth-order valence-electron chi connectivity index (χ4n) is 3.22. The zero-order valence-electron chi connectivity index (χ0n) is 16.5. The normalized spacial score (nSPS) is 17.4. The van der Waals surface area contributed by atoms with Gasteiger partial charge in [0.1, 0.15) is 23.9 Å². The summed E-state index contributed by atoms with van der Waals surface area (Å²) >= 11 is 0. The standard InChI is InChI=1S/C20H27F2N5O/c1-4-23-20(24-11-15-10-18(13(2)3)26-28-15)25-14-8-9-27(12-14)19-16(21)6-5-7-17(19)22/h5-7,10,13-14H,4,8-9,11-12H2,1-3H3,(H2,23,24,25). The Morgan fingerprint density at radius 2 is 2.11 bits per heavy atom. The van der Waals surface area contributed by atoms with E-state index in [1.54, 1.807) is 4.90 Å². The van der Waals surface area contributed by atoms with Gasteiger partial charge in [0.15, 0.2) is 11.7 Å². The molecule has 6 nitrogen and oxygen atoms in total. The van der Waals surface area contributed by atoms with Gasteiger partial charge < -0.3 is 20.1 Å². The summed E-state index contributed by atoms with van der Waals surface area (Å²) in [5.74, 6) is 0.573. The van der Waals surface area contributed by atoms with E-state index in [0.29, 0.717) is 43.8 Å². The van der Waals surface area contributed by atoms with Gasteiger partial charge in [-0.15, -0.1) is 0 Å². The first-order valence-electron chi connectivity index (χ1n) is 9.67. The lowest BCUT2D eigenvalue weighted by Crippen LogP contribution is -2.44. The van der Waals surface area contributed by atoms with Crippen LogP contribution in [0.3, 0.4) is 0 Å². The average Bonchev–Trinajstić information content (AvgIpc) is 3.29. The molecule has 8 heteroatoms. The van der Waals surface area contributed by atoms with E-state index < -0.39 is 11.6 Å². The molecule has 1 aromatic heterocycles. The number of guanidine groups is 1. The highest BCUT2D eigenvalue weighted by Gasteiger charge is 2.27. The molecule has 1 saturated heterocycles. The molecule has 1 aliphatic rings. The van der Waals surface area contributed by atoms with E-state index >= 15 is 0 Å². The summed E-state index contributed by atoms with van der Waals surface area (Å²) in [5.41, 5.74) is 0.943. The molecule has 0 spiro atoms. The smallest absolute Gasteiger partial charge is 0.191 e. The second kappa shape index (κ2) is 9.03. The van der Waals surface area contributed by atoms with Gasteiger partial charge in [0.25, 0.3) is 0 Å². The average molecular weight is 391 g/mol. The van der Waals surface area contributed by atoms with Crippen LogP contribution in [0.25, 0.3) is 0 Å². The van der Waals surface area contributed by atoms with E-state index in [1.165, 1.54) is 18.2 Å². The molecular weight excluding hydrogens is 364 g/mol. The molecule has 1 aromatic carbocycles. The maximum Gasteiger partial charge on any atom is 0.191 e. The van der Waals surface area contributed by atoms with Crippen molar-refractivity contribution in [2.45, 2.75) is 45.7 Å². The second-order valence-electron chi connectivity index (χ2n) is 7.21. The molecule has 3 rings (SSSR count). The molecule has 2 N–H and O–H groups in total. The summed E-state index contributed by atoms with van der Waals surface area (Å²) in [6.45, 7) is 8.25. The number of benzene rings is 1. The zero-order chi connectivity index (χ0) is 20.1. The highest BCUT2D eigenvalue weighted by atomic mass is 19.1. The van der Waals surface area contributed by atoms with E-state index in [0.717, 1.165) is 12.1 Å². The van der Waals surface area contributed by atoms with Crippen molar-refractivity contribution in [2.24, 2.45) is 4.99 Å². The van der Waals surface area contributed by atoms with Crippen LogP contribution in [0.15, 0.2) is 33.8 Å². The SMILES string of the molecule is CCNC(=NCc1cc(C(C)C)no1)NC1CCN(c2c(F)cccc2F)C1. The summed E-state index contributed by atoms with van der Waals surface area (Å²) in [6, 6.07) is 5.90. The second-order valence-corrected chi connectivity index (χ2v) is 7.21. The topological polar surface area (TPSA) is 65.7 Å². The van der Waals surface area contributed by atoms with Crippen LogP contribution in [0.4, 0.5) is 14.5 Å². The van der Waals surface area contributed by atoms with E-state index in [-0.39, 0.29) is 11.7 Å². The molecular formula is C20H27F2N5O. The molecule has 2 aromatic rings. The summed E-state index contributed by atoms with van der Waals surface area (Å²) in [6.07, 6.45) is 0.762. The molecule has 1 fully saturated rings. The predicted octanol–water partition coefficient (Wildman–Crippen LogP) is 3.41. The van der Waals surface area contributed by atoms with E-state index in [1.807, 2.05) is 13.0 Å². The zero-order valence-corrected chi connectivity index (χ0v) is 16.5. The monoisotopic (exact) mass is 391 g/mol. The third kappa shape index (κ3) is 4.79. The van der Waals surface area contributed by atoms with Crippen LogP contribution in [0.2, 0.25) is 0 Å². The number of aromatic nitrogens is 1. The van der Waals surface area contributed by atoms with Gasteiger partial charge in [-0.2, -0.15) is 0 Å². The Morgan fingerprint density at radius 1 is 1.36 bits per heavy atom. The van der Waals surface area contributed by atoms with Crippen molar-refractivity contribution in [3.8, 4) is 0 Å². The highest BCUT2D eigenvalue weighted by molar-refractivity contribution is 5.80. The summed E-state index contributed by atoms with van der Waals surface area (Å²) in [4.78, 5) is 6.28. The maximum absolute atomic E-state index is 14.0. The summed E-state index contributed by atoms with van der Waals surface area (Å²) in [5, 5.41) is 10.6. The van der Waals surface area contributed by atoms with Crippen molar-refractivity contribution in [1.29, 1.82) is 0 Å². The first kappa shape index (κ1) is 20.1. The van der Waals surface area contributed by atoms with Crippen molar-refractivity contribution in [2.75, 3.05) is 24.5 Å². The van der Waals surface area contributed by atoms with Crippen LogP contribution in [0.1, 0.15) is 44.6 Å². The molecule has 28 heavy (non-hydrogen) atoms.